The summed E-state index contributed by atoms with van der Waals surface area (Å²) in [6, 6.07) is 0. The minimum atomic E-state index is -0.205. The molecule has 112 valence electrons. The van der Waals surface area contributed by atoms with Crippen molar-refractivity contribution >= 4 is 11.9 Å². The Morgan fingerprint density at radius 3 is 2.45 bits per heavy atom. The second-order valence-electron chi connectivity index (χ2n) is 5.87. The summed E-state index contributed by atoms with van der Waals surface area (Å²) in [6.07, 6.45) is 0. The third kappa shape index (κ3) is 3.16. The molecule has 2 rings (SSSR count). The molecule has 0 bridgehead atoms. The lowest BCUT2D eigenvalue weighted by Gasteiger charge is -2.39. The van der Waals surface area contributed by atoms with Crippen molar-refractivity contribution in [2.45, 2.75) is 19.8 Å². The summed E-state index contributed by atoms with van der Waals surface area (Å²) in [4.78, 5) is 15.1. The van der Waals surface area contributed by atoms with E-state index in [9.17, 15) is 5.11 Å². The fraction of sp³-hybridized carbons (Fsp3) is 0.769. The Kier molecular flexibility index (Phi) is 4.39. The third-order valence-electron chi connectivity index (χ3n) is 3.33. The topological polar surface area (TPSA) is 83.4 Å². The molecule has 0 saturated carbocycles. The van der Waals surface area contributed by atoms with Crippen LogP contribution in [0.5, 0.6) is 0 Å². The van der Waals surface area contributed by atoms with Crippen molar-refractivity contribution in [2.75, 3.05) is 50.7 Å². The standard InChI is InChI=1S/C13H23N5O2/c1-9(2)10-15-11(17-12(16-10)18(3)4)14-5-13(6-19)7-20-8-13/h9,19H,5-8H2,1-4H3,(H,14,15,16,17). The average Bonchev–Trinajstić information content (AvgIpc) is 2.37. The molecule has 1 aliphatic heterocycles. The van der Waals surface area contributed by atoms with Crippen LogP contribution in [0.1, 0.15) is 25.6 Å². The molecule has 20 heavy (non-hydrogen) atoms. The fourth-order valence-corrected chi connectivity index (χ4v) is 1.82. The van der Waals surface area contributed by atoms with E-state index in [0.717, 1.165) is 5.82 Å². The summed E-state index contributed by atoms with van der Waals surface area (Å²) < 4.78 is 5.18. The van der Waals surface area contributed by atoms with Crippen LogP contribution in [0, 0.1) is 5.41 Å². The normalized spacial score (nSPS) is 16.9. The monoisotopic (exact) mass is 281 g/mol. The first-order chi connectivity index (χ1) is 9.46. The Bertz CT molecular complexity index is 428. The van der Waals surface area contributed by atoms with E-state index >= 15 is 0 Å². The Balaban J connectivity index is 2.13. The number of anilines is 2. The van der Waals surface area contributed by atoms with Crippen LogP contribution in [0.15, 0.2) is 0 Å². The van der Waals surface area contributed by atoms with Crippen molar-refractivity contribution in [1.29, 1.82) is 0 Å². The zero-order chi connectivity index (χ0) is 14.8. The maximum Gasteiger partial charge on any atom is 0.229 e. The number of ether oxygens (including phenoxy) is 1. The molecular weight excluding hydrogens is 258 g/mol. The highest BCUT2D eigenvalue weighted by Crippen LogP contribution is 2.27. The number of nitrogens with zero attached hydrogens (tertiary/aromatic N) is 4. The highest BCUT2D eigenvalue weighted by Gasteiger charge is 2.38. The van der Waals surface area contributed by atoms with E-state index in [2.05, 4.69) is 20.3 Å². The van der Waals surface area contributed by atoms with Crippen molar-refractivity contribution in [3.63, 3.8) is 0 Å². The van der Waals surface area contributed by atoms with Crippen molar-refractivity contribution in [2.24, 2.45) is 5.41 Å². The van der Waals surface area contributed by atoms with Crippen LogP contribution in [0.2, 0.25) is 0 Å². The molecular formula is C13H23N5O2. The summed E-state index contributed by atoms with van der Waals surface area (Å²) in [5, 5.41) is 12.6. The van der Waals surface area contributed by atoms with E-state index in [1.165, 1.54) is 0 Å². The molecule has 0 radical (unpaired) electrons. The number of aliphatic hydroxyl groups is 1. The van der Waals surface area contributed by atoms with Crippen LogP contribution in [0.3, 0.4) is 0 Å². The van der Waals surface area contributed by atoms with E-state index in [4.69, 9.17) is 4.74 Å². The van der Waals surface area contributed by atoms with Gasteiger partial charge in [-0.25, -0.2) is 0 Å². The van der Waals surface area contributed by atoms with Crippen LogP contribution in [0.25, 0.3) is 0 Å². The van der Waals surface area contributed by atoms with Gasteiger partial charge >= 0.3 is 0 Å². The molecule has 1 aromatic rings. The number of hydrogen-bond acceptors (Lipinski definition) is 7. The van der Waals surface area contributed by atoms with Crippen molar-refractivity contribution in [3.05, 3.63) is 5.82 Å². The zero-order valence-electron chi connectivity index (χ0n) is 12.6. The third-order valence-corrected chi connectivity index (χ3v) is 3.33. The molecule has 0 spiro atoms. The number of aliphatic hydroxyl groups excluding tert-OH is 1. The molecule has 7 nitrogen and oxygen atoms in total. The molecule has 7 heteroatoms. The van der Waals surface area contributed by atoms with E-state index in [1.54, 1.807) is 0 Å². The lowest BCUT2D eigenvalue weighted by atomic mass is 9.87. The van der Waals surface area contributed by atoms with Crippen LogP contribution in [0.4, 0.5) is 11.9 Å². The molecule has 0 aliphatic carbocycles. The van der Waals surface area contributed by atoms with E-state index in [1.807, 2.05) is 32.8 Å². The van der Waals surface area contributed by atoms with Crippen molar-refractivity contribution in [1.82, 2.24) is 15.0 Å². The Labute approximate surface area is 119 Å². The van der Waals surface area contributed by atoms with Crippen molar-refractivity contribution < 1.29 is 9.84 Å². The molecule has 0 aromatic carbocycles. The van der Waals surface area contributed by atoms with E-state index in [-0.39, 0.29) is 17.9 Å². The van der Waals surface area contributed by atoms with Crippen LogP contribution in [-0.2, 0) is 4.74 Å². The second-order valence-corrected chi connectivity index (χ2v) is 5.87. The highest BCUT2D eigenvalue weighted by molar-refractivity contribution is 5.36. The molecule has 0 unspecified atom stereocenters. The molecule has 1 aromatic heterocycles. The van der Waals surface area contributed by atoms with Gasteiger partial charge in [-0.3, -0.25) is 0 Å². The van der Waals surface area contributed by atoms with Gasteiger partial charge in [-0.2, -0.15) is 15.0 Å². The predicted molar refractivity (Wildman–Crippen MR) is 77.1 cm³/mol. The van der Waals surface area contributed by atoms with Crippen molar-refractivity contribution in [3.8, 4) is 0 Å². The zero-order valence-corrected chi connectivity index (χ0v) is 12.6. The molecule has 1 fully saturated rings. The summed E-state index contributed by atoms with van der Waals surface area (Å²) in [5.41, 5.74) is -0.205. The lowest BCUT2D eigenvalue weighted by Crippen LogP contribution is -2.50. The molecule has 2 heterocycles. The predicted octanol–water partition coefficient (Wildman–Crippen LogP) is 0.482. The summed E-state index contributed by atoms with van der Waals surface area (Å²) >= 11 is 0. The maximum absolute atomic E-state index is 9.42. The largest absolute Gasteiger partial charge is 0.396 e. The quantitative estimate of drug-likeness (QED) is 0.784. The molecule has 2 N–H and O–H groups in total. The first-order valence-electron chi connectivity index (χ1n) is 6.81. The number of hydrogen-bond donors (Lipinski definition) is 2. The second kappa shape index (κ2) is 5.88. The molecule has 0 amide bonds. The molecule has 0 atom stereocenters. The number of nitrogens with one attached hydrogen (secondary N) is 1. The molecule has 1 aliphatic rings. The molecule has 1 saturated heterocycles. The summed E-state index contributed by atoms with van der Waals surface area (Å²) in [5.74, 6) is 2.17. The lowest BCUT2D eigenvalue weighted by molar-refractivity contribution is -0.128. The Hall–Kier alpha value is -1.47. The summed E-state index contributed by atoms with van der Waals surface area (Å²) in [7, 11) is 3.80. The van der Waals surface area contributed by atoms with Crippen LogP contribution < -0.4 is 10.2 Å². The van der Waals surface area contributed by atoms with Gasteiger partial charge in [0.25, 0.3) is 0 Å². The fourth-order valence-electron chi connectivity index (χ4n) is 1.82. The Morgan fingerprint density at radius 2 is 2.00 bits per heavy atom. The van der Waals surface area contributed by atoms with E-state index < -0.39 is 0 Å². The number of aromatic nitrogens is 3. The van der Waals surface area contributed by atoms with Gasteiger partial charge in [0.2, 0.25) is 11.9 Å². The van der Waals surface area contributed by atoms with Gasteiger partial charge in [-0.05, 0) is 0 Å². The smallest absolute Gasteiger partial charge is 0.229 e. The maximum atomic E-state index is 9.42. The first kappa shape index (κ1) is 14.9. The number of rotatable bonds is 6. The van der Waals surface area contributed by atoms with Gasteiger partial charge in [0.15, 0.2) is 0 Å². The summed E-state index contributed by atoms with van der Waals surface area (Å²) in [6.45, 7) is 5.93. The SMILES string of the molecule is CC(C)c1nc(NCC2(CO)COC2)nc(N(C)C)n1. The van der Waals surface area contributed by atoms with Gasteiger partial charge in [-0.15, -0.1) is 0 Å². The van der Waals surface area contributed by atoms with Gasteiger partial charge < -0.3 is 20.1 Å². The van der Waals surface area contributed by atoms with Gasteiger partial charge in [0.1, 0.15) is 5.82 Å². The highest BCUT2D eigenvalue weighted by atomic mass is 16.5. The Morgan fingerprint density at radius 1 is 1.30 bits per heavy atom. The van der Waals surface area contributed by atoms with E-state index in [0.29, 0.717) is 31.7 Å². The van der Waals surface area contributed by atoms with Gasteiger partial charge in [0.05, 0.1) is 25.2 Å². The van der Waals surface area contributed by atoms with Crippen LogP contribution >= 0.6 is 0 Å². The van der Waals surface area contributed by atoms with Crippen LogP contribution in [-0.4, -0.2) is 60.5 Å². The minimum absolute atomic E-state index is 0.0999. The first-order valence-corrected chi connectivity index (χ1v) is 6.81. The average molecular weight is 281 g/mol. The van der Waals surface area contributed by atoms with Gasteiger partial charge in [0, 0.05) is 26.6 Å². The van der Waals surface area contributed by atoms with Gasteiger partial charge in [-0.1, -0.05) is 13.8 Å². The minimum Gasteiger partial charge on any atom is -0.396 e.